The van der Waals surface area contributed by atoms with E-state index in [1.165, 1.54) is 0 Å². The van der Waals surface area contributed by atoms with E-state index >= 15 is 0 Å². The molecule has 2 nitrogen and oxygen atoms in total. The van der Waals surface area contributed by atoms with E-state index in [2.05, 4.69) is 12.6 Å². The molecular formula is C9H15NO. The summed E-state index contributed by atoms with van der Waals surface area (Å²) in [5.74, 6) is 0. The molecule has 0 spiro atoms. The monoisotopic (exact) mass is 153 g/mol. The molecule has 0 atom stereocenters. The van der Waals surface area contributed by atoms with Crippen LogP contribution in [0.3, 0.4) is 0 Å². The maximum Gasteiger partial charge on any atom is 0.0645 e. The zero-order valence-corrected chi connectivity index (χ0v) is 7.26. The van der Waals surface area contributed by atoms with Gasteiger partial charge in [-0.15, -0.1) is 6.58 Å². The Hall–Kier alpha value is -0.810. The van der Waals surface area contributed by atoms with Gasteiger partial charge in [0.1, 0.15) is 0 Å². The summed E-state index contributed by atoms with van der Waals surface area (Å²) < 4.78 is 5.23. The van der Waals surface area contributed by atoms with E-state index in [9.17, 15) is 0 Å². The highest BCUT2D eigenvalue weighted by molar-refractivity contribution is 4.82. The van der Waals surface area contributed by atoms with E-state index in [0.717, 1.165) is 0 Å². The van der Waals surface area contributed by atoms with Crippen molar-refractivity contribution in [3.05, 3.63) is 12.7 Å². The average molecular weight is 153 g/mol. The molecule has 0 bridgehead atoms. The molecule has 0 aliphatic carbocycles. The molecule has 0 saturated carbocycles. The van der Waals surface area contributed by atoms with E-state index in [0.29, 0.717) is 19.6 Å². The number of hydrogen-bond donors (Lipinski definition) is 0. The van der Waals surface area contributed by atoms with Gasteiger partial charge in [-0.2, -0.15) is 5.26 Å². The lowest BCUT2D eigenvalue weighted by Crippen LogP contribution is -2.18. The van der Waals surface area contributed by atoms with E-state index in [1.807, 2.05) is 13.8 Å². The zero-order chi connectivity index (χ0) is 8.74. The van der Waals surface area contributed by atoms with Crippen LogP contribution in [0.2, 0.25) is 0 Å². The summed E-state index contributed by atoms with van der Waals surface area (Å²) in [6, 6.07) is 2.13. The minimum atomic E-state index is -0.0300. The van der Waals surface area contributed by atoms with Gasteiger partial charge in [0, 0.05) is 11.8 Å². The normalized spacial score (nSPS) is 10.6. The summed E-state index contributed by atoms with van der Waals surface area (Å²) in [5, 5.41) is 8.43. The Bertz CT molecular complexity index is 155. The van der Waals surface area contributed by atoms with Gasteiger partial charge < -0.3 is 4.74 Å². The third kappa shape index (κ3) is 5.63. The van der Waals surface area contributed by atoms with Crippen molar-refractivity contribution in [2.75, 3.05) is 13.2 Å². The smallest absolute Gasteiger partial charge is 0.0645 e. The third-order valence-electron chi connectivity index (χ3n) is 1.29. The summed E-state index contributed by atoms with van der Waals surface area (Å²) in [5.41, 5.74) is -0.0300. The second-order valence-corrected chi connectivity index (χ2v) is 3.30. The molecule has 2 heteroatoms. The first-order valence-corrected chi connectivity index (χ1v) is 3.68. The fraction of sp³-hybridized carbons (Fsp3) is 0.667. The Balaban J connectivity index is 3.56. The average Bonchev–Trinajstić information content (AvgIpc) is 1.87. The summed E-state index contributed by atoms with van der Waals surface area (Å²) in [6.45, 7) is 8.74. The van der Waals surface area contributed by atoms with E-state index in [4.69, 9.17) is 10.00 Å². The standard InChI is InChI=1S/C9H15NO/c1-4-7-11-8-9(2,3)5-6-10/h4H,1,5,7-8H2,2-3H3. The van der Waals surface area contributed by atoms with Gasteiger partial charge in [-0.3, -0.25) is 0 Å². The minimum Gasteiger partial charge on any atom is -0.377 e. The number of nitriles is 1. The van der Waals surface area contributed by atoms with Crippen molar-refractivity contribution < 1.29 is 4.74 Å². The molecule has 62 valence electrons. The Morgan fingerprint density at radius 3 is 2.73 bits per heavy atom. The van der Waals surface area contributed by atoms with Crippen molar-refractivity contribution in [3.8, 4) is 6.07 Å². The summed E-state index contributed by atoms with van der Waals surface area (Å²) in [7, 11) is 0. The largest absolute Gasteiger partial charge is 0.377 e. The Labute approximate surface area is 68.5 Å². The lowest BCUT2D eigenvalue weighted by molar-refractivity contribution is 0.0833. The molecule has 0 aromatic rings. The Morgan fingerprint density at radius 1 is 1.64 bits per heavy atom. The molecule has 0 unspecified atom stereocenters. The van der Waals surface area contributed by atoms with Crippen LogP contribution in [0.5, 0.6) is 0 Å². The van der Waals surface area contributed by atoms with Crippen molar-refractivity contribution in [2.45, 2.75) is 20.3 Å². The van der Waals surface area contributed by atoms with Gasteiger partial charge in [0.05, 0.1) is 19.3 Å². The van der Waals surface area contributed by atoms with Crippen molar-refractivity contribution in [3.63, 3.8) is 0 Å². The van der Waals surface area contributed by atoms with Gasteiger partial charge in [0.15, 0.2) is 0 Å². The molecule has 0 aliphatic rings. The van der Waals surface area contributed by atoms with Crippen molar-refractivity contribution in [1.29, 1.82) is 5.26 Å². The molecule has 0 radical (unpaired) electrons. The lowest BCUT2D eigenvalue weighted by atomic mass is 9.91. The summed E-state index contributed by atoms with van der Waals surface area (Å²) >= 11 is 0. The highest BCUT2D eigenvalue weighted by atomic mass is 16.5. The highest BCUT2D eigenvalue weighted by Crippen LogP contribution is 2.19. The Kier molecular flexibility index (Phi) is 4.56. The predicted molar refractivity (Wildman–Crippen MR) is 45.0 cm³/mol. The number of ether oxygens (including phenoxy) is 1. The SMILES string of the molecule is C=CCOCC(C)(C)CC#N. The van der Waals surface area contributed by atoms with Crippen LogP contribution in [0.25, 0.3) is 0 Å². The van der Waals surface area contributed by atoms with Crippen molar-refractivity contribution >= 4 is 0 Å². The molecule has 11 heavy (non-hydrogen) atoms. The van der Waals surface area contributed by atoms with Crippen LogP contribution in [0, 0.1) is 16.7 Å². The molecule has 0 saturated heterocycles. The van der Waals surface area contributed by atoms with Crippen molar-refractivity contribution in [2.24, 2.45) is 5.41 Å². The van der Waals surface area contributed by atoms with Crippen LogP contribution in [-0.4, -0.2) is 13.2 Å². The molecular weight excluding hydrogens is 138 g/mol. The fourth-order valence-corrected chi connectivity index (χ4v) is 0.684. The maximum atomic E-state index is 8.43. The summed E-state index contributed by atoms with van der Waals surface area (Å²) in [4.78, 5) is 0. The van der Waals surface area contributed by atoms with Crippen LogP contribution in [-0.2, 0) is 4.74 Å². The molecule has 0 N–H and O–H groups in total. The highest BCUT2D eigenvalue weighted by Gasteiger charge is 2.16. The second kappa shape index (κ2) is 4.92. The molecule has 0 heterocycles. The first kappa shape index (κ1) is 10.2. The van der Waals surface area contributed by atoms with Gasteiger partial charge in [0.2, 0.25) is 0 Å². The zero-order valence-electron chi connectivity index (χ0n) is 7.26. The Morgan fingerprint density at radius 2 is 2.27 bits per heavy atom. The van der Waals surface area contributed by atoms with Crippen LogP contribution < -0.4 is 0 Å². The lowest BCUT2D eigenvalue weighted by Gasteiger charge is -2.19. The molecule has 0 rings (SSSR count). The van der Waals surface area contributed by atoms with E-state index < -0.39 is 0 Å². The summed E-state index contributed by atoms with van der Waals surface area (Å²) in [6.07, 6.45) is 2.24. The topological polar surface area (TPSA) is 33.0 Å². The minimum absolute atomic E-state index is 0.0300. The van der Waals surface area contributed by atoms with Crippen LogP contribution >= 0.6 is 0 Å². The quantitative estimate of drug-likeness (QED) is 0.447. The van der Waals surface area contributed by atoms with Crippen LogP contribution in [0.4, 0.5) is 0 Å². The van der Waals surface area contributed by atoms with Crippen LogP contribution in [0.1, 0.15) is 20.3 Å². The number of nitrogens with zero attached hydrogens (tertiary/aromatic N) is 1. The molecule has 0 fully saturated rings. The van der Waals surface area contributed by atoms with Gasteiger partial charge in [-0.25, -0.2) is 0 Å². The second-order valence-electron chi connectivity index (χ2n) is 3.30. The van der Waals surface area contributed by atoms with E-state index in [-0.39, 0.29) is 5.41 Å². The number of rotatable bonds is 5. The fourth-order valence-electron chi connectivity index (χ4n) is 0.684. The van der Waals surface area contributed by atoms with Crippen LogP contribution in [0.15, 0.2) is 12.7 Å². The molecule has 0 amide bonds. The maximum absolute atomic E-state index is 8.43. The van der Waals surface area contributed by atoms with Crippen molar-refractivity contribution in [1.82, 2.24) is 0 Å². The third-order valence-corrected chi connectivity index (χ3v) is 1.29. The van der Waals surface area contributed by atoms with Gasteiger partial charge in [-0.05, 0) is 0 Å². The first-order chi connectivity index (χ1) is 5.12. The number of hydrogen-bond acceptors (Lipinski definition) is 2. The first-order valence-electron chi connectivity index (χ1n) is 3.68. The molecule has 0 aliphatic heterocycles. The molecule has 0 aromatic carbocycles. The van der Waals surface area contributed by atoms with Gasteiger partial charge >= 0.3 is 0 Å². The predicted octanol–water partition coefficient (Wildman–Crippen LogP) is 2.13. The van der Waals surface area contributed by atoms with E-state index in [1.54, 1.807) is 6.08 Å². The molecule has 0 aromatic heterocycles. The van der Waals surface area contributed by atoms with Gasteiger partial charge in [-0.1, -0.05) is 19.9 Å². The van der Waals surface area contributed by atoms with Gasteiger partial charge in [0.25, 0.3) is 0 Å².